The average Bonchev–Trinajstić information content (AvgIpc) is 3.19. The van der Waals surface area contributed by atoms with E-state index in [0.29, 0.717) is 17.9 Å². The fourth-order valence-electron chi connectivity index (χ4n) is 2.82. The molecule has 0 aromatic heterocycles. The Morgan fingerprint density at radius 3 is 2.68 bits per heavy atom. The lowest BCUT2D eigenvalue weighted by Gasteiger charge is -2.22. The van der Waals surface area contributed by atoms with Gasteiger partial charge in [0.1, 0.15) is 5.82 Å². The Kier molecular flexibility index (Phi) is 5.38. The Bertz CT molecular complexity index is 387. The second-order valence-electron chi connectivity index (χ2n) is 6.03. The van der Waals surface area contributed by atoms with Gasteiger partial charge in [0.15, 0.2) is 0 Å². The summed E-state index contributed by atoms with van der Waals surface area (Å²) in [5.74, 6) is 0.924. The molecule has 0 aliphatic heterocycles. The third-order valence-electron chi connectivity index (χ3n) is 4.04. The van der Waals surface area contributed by atoms with Crippen molar-refractivity contribution in [1.82, 2.24) is 5.32 Å². The summed E-state index contributed by atoms with van der Waals surface area (Å²) in [7, 11) is 0. The number of benzene rings is 1. The molecule has 106 valence electrons. The first kappa shape index (κ1) is 14.5. The van der Waals surface area contributed by atoms with E-state index in [1.54, 1.807) is 12.1 Å². The normalized spacial score (nSPS) is 18.3. The minimum Gasteiger partial charge on any atom is -0.313 e. The van der Waals surface area contributed by atoms with Crippen molar-refractivity contribution in [2.45, 2.75) is 57.9 Å². The molecule has 1 aliphatic rings. The highest BCUT2D eigenvalue weighted by Crippen LogP contribution is 2.29. The summed E-state index contributed by atoms with van der Waals surface area (Å²) in [6, 6.07) is 7.96. The largest absolute Gasteiger partial charge is 0.313 e. The molecule has 1 aromatic rings. The number of hydrogen-bond acceptors (Lipinski definition) is 1. The monoisotopic (exact) mass is 263 g/mol. The van der Waals surface area contributed by atoms with Gasteiger partial charge in [-0.1, -0.05) is 44.9 Å². The molecule has 0 bridgehead atoms. The van der Waals surface area contributed by atoms with Crippen molar-refractivity contribution in [1.29, 1.82) is 0 Å². The van der Waals surface area contributed by atoms with Gasteiger partial charge in [0, 0.05) is 12.6 Å². The Balaban J connectivity index is 2.01. The van der Waals surface area contributed by atoms with Crippen LogP contribution in [-0.4, -0.2) is 12.6 Å². The van der Waals surface area contributed by atoms with Crippen LogP contribution in [0.5, 0.6) is 0 Å². The summed E-state index contributed by atoms with van der Waals surface area (Å²) >= 11 is 0. The van der Waals surface area contributed by atoms with E-state index in [-0.39, 0.29) is 5.82 Å². The van der Waals surface area contributed by atoms with Crippen LogP contribution in [0.2, 0.25) is 0 Å². The first-order valence-electron chi connectivity index (χ1n) is 7.68. The highest BCUT2D eigenvalue weighted by molar-refractivity contribution is 5.22. The Morgan fingerprint density at radius 1 is 1.32 bits per heavy atom. The molecule has 0 radical (unpaired) electrons. The molecule has 2 rings (SSSR count). The van der Waals surface area contributed by atoms with Crippen molar-refractivity contribution in [2.75, 3.05) is 6.54 Å². The van der Waals surface area contributed by atoms with Gasteiger partial charge in [-0.3, -0.25) is 0 Å². The molecule has 2 unspecified atom stereocenters. The topological polar surface area (TPSA) is 12.0 Å². The zero-order chi connectivity index (χ0) is 13.7. The lowest BCUT2D eigenvalue weighted by atomic mass is 9.87. The van der Waals surface area contributed by atoms with Gasteiger partial charge in [-0.15, -0.1) is 0 Å². The van der Waals surface area contributed by atoms with E-state index >= 15 is 0 Å². The maximum atomic E-state index is 14.0. The van der Waals surface area contributed by atoms with Crippen LogP contribution in [0.25, 0.3) is 0 Å². The first-order chi connectivity index (χ1) is 9.20. The predicted molar refractivity (Wildman–Crippen MR) is 78.9 cm³/mol. The van der Waals surface area contributed by atoms with Gasteiger partial charge in [-0.05, 0) is 42.7 Å². The fourth-order valence-corrected chi connectivity index (χ4v) is 2.82. The second kappa shape index (κ2) is 7.04. The van der Waals surface area contributed by atoms with Crippen molar-refractivity contribution >= 4 is 0 Å². The molecule has 19 heavy (non-hydrogen) atoms. The number of nitrogens with one attached hydrogen (secondary N) is 1. The van der Waals surface area contributed by atoms with E-state index in [1.165, 1.54) is 25.7 Å². The first-order valence-corrected chi connectivity index (χ1v) is 7.68. The molecule has 2 heteroatoms. The summed E-state index contributed by atoms with van der Waals surface area (Å²) < 4.78 is 14.0. The third-order valence-corrected chi connectivity index (χ3v) is 4.04. The Labute approximate surface area is 116 Å². The van der Waals surface area contributed by atoms with Gasteiger partial charge in [0.2, 0.25) is 0 Å². The van der Waals surface area contributed by atoms with Crippen molar-refractivity contribution < 1.29 is 4.39 Å². The summed E-state index contributed by atoms with van der Waals surface area (Å²) in [5.41, 5.74) is 0.888. The number of hydrogen-bond donors (Lipinski definition) is 1. The van der Waals surface area contributed by atoms with Crippen LogP contribution in [0.4, 0.5) is 4.39 Å². The molecule has 0 spiro atoms. The van der Waals surface area contributed by atoms with Gasteiger partial charge < -0.3 is 5.32 Å². The smallest absolute Gasteiger partial charge is 0.126 e. The zero-order valence-electron chi connectivity index (χ0n) is 12.2. The molecule has 0 saturated heterocycles. The van der Waals surface area contributed by atoms with Crippen LogP contribution in [-0.2, 0) is 0 Å². The van der Waals surface area contributed by atoms with Crippen molar-refractivity contribution in [3.63, 3.8) is 0 Å². The predicted octanol–water partition coefficient (Wildman–Crippen LogP) is 4.49. The van der Waals surface area contributed by atoms with E-state index in [2.05, 4.69) is 19.2 Å². The van der Waals surface area contributed by atoms with Crippen LogP contribution in [0.15, 0.2) is 24.3 Å². The van der Waals surface area contributed by atoms with Gasteiger partial charge in [-0.25, -0.2) is 4.39 Å². The molecule has 0 heterocycles. The molecule has 0 amide bonds. The minimum absolute atomic E-state index is 0.0474. The second-order valence-corrected chi connectivity index (χ2v) is 6.03. The molecule has 1 fully saturated rings. The van der Waals surface area contributed by atoms with Crippen LogP contribution in [0, 0.1) is 11.7 Å². The van der Waals surface area contributed by atoms with Crippen LogP contribution >= 0.6 is 0 Å². The molecule has 1 N–H and O–H groups in total. The van der Waals surface area contributed by atoms with E-state index in [0.717, 1.165) is 18.5 Å². The summed E-state index contributed by atoms with van der Waals surface area (Å²) in [4.78, 5) is 0. The van der Waals surface area contributed by atoms with Gasteiger partial charge in [-0.2, -0.15) is 0 Å². The molecule has 1 aromatic carbocycles. The van der Waals surface area contributed by atoms with Gasteiger partial charge in [0.05, 0.1) is 0 Å². The summed E-state index contributed by atoms with van der Waals surface area (Å²) in [6.45, 7) is 5.42. The van der Waals surface area contributed by atoms with E-state index in [4.69, 9.17) is 0 Å². The number of rotatable bonds is 8. The van der Waals surface area contributed by atoms with Crippen molar-refractivity contribution in [3.05, 3.63) is 35.6 Å². The number of halogens is 1. The zero-order valence-corrected chi connectivity index (χ0v) is 12.2. The summed E-state index contributed by atoms with van der Waals surface area (Å²) in [6.07, 6.45) is 6.09. The lowest BCUT2D eigenvalue weighted by Crippen LogP contribution is -2.25. The molecular weight excluding hydrogens is 237 g/mol. The standard InChI is InChI=1S/C17H26FN/c1-3-6-13(2)11-14(12-19-15-9-10-15)16-7-4-5-8-17(16)18/h4-5,7-8,13-15,19H,3,6,9-12H2,1-2H3. The average molecular weight is 263 g/mol. The van der Waals surface area contributed by atoms with Gasteiger partial charge in [0.25, 0.3) is 0 Å². The molecule has 2 atom stereocenters. The Hall–Kier alpha value is -0.890. The highest BCUT2D eigenvalue weighted by Gasteiger charge is 2.24. The van der Waals surface area contributed by atoms with E-state index < -0.39 is 0 Å². The van der Waals surface area contributed by atoms with Crippen LogP contribution in [0.1, 0.15) is 57.4 Å². The van der Waals surface area contributed by atoms with E-state index in [9.17, 15) is 4.39 Å². The van der Waals surface area contributed by atoms with Gasteiger partial charge >= 0.3 is 0 Å². The molecular formula is C17H26FN. The van der Waals surface area contributed by atoms with Crippen molar-refractivity contribution in [3.8, 4) is 0 Å². The lowest BCUT2D eigenvalue weighted by molar-refractivity contribution is 0.410. The fraction of sp³-hybridized carbons (Fsp3) is 0.647. The van der Waals surface area contributed by atoms with Crippen LogP contribution < -0.4 is 5.32 Å². The third kappa shape index (κ3) is 4.61. The summed E-state index contributed by atoms with van der Waals surface area (Å²) in [5, 5.41) is 3.56. The maximum Gasteiger partial charge on any atom is 0.126 e. The maximum absolute atomic E-state index is 14.0. The molecule has 1 aliphatic carbocycles. The Morgan fingerprint density at radius 2 is 2.05 bits per heavy atom. The van der Waals surface area contributed by atoms with Crippen molar-refractivity contribution in [2.24, 2.45) is 5.92 Å². The SMILES string of the molecule is CCCC(C)CC(CNC1CC1)c1ccccc1F. The molecule has 1 saturated carbocycles. The molecule has 1 nitrogen and oxygen atoms in total. The highest BCUT2D eigenvalue weighted by atomic mass is 19.1. The van der Waals surface area contributed by atoms with E-state index in [1.807, 2.05) is 12.1 Å². The quantitative estimate of drug-likeness (QED) is 0.728. The minimum atomic E-state index is -0.0474. The van der Waals surface area contributed by atoms with Crippen LogP contribution in [0.3, 0.4) is 0 Å².